The molecule has 1 aliphatic rings. The first-order chi connectivity index (χ1) is 17.3. The predicted molar refractivity (Wildman–Crippen MR) is 138 cm³/mol. The van der Waals surface area contributed by atoms with E-state index in [1.54, 1.807) is 35.0 Å². The normalized spacial score (nSPS) is 16.9. The lowest BCUT2D eigenvalue weighted by Gasteiger charge is -2.32. The van der Waals surface area contributed by atoms with Crippen molar-refractivity contribution in [2.24, 2.45) is 5.92 Å². The van der Waals surface area contributed by atoms with Gasteiger partial charge in [0.25, 0.3) is 0 Å². The first-order valence-corrected chi connectivity index (χ1v) is 13.6. The van der Waals surface area contributed by atoms with E-state index < -0.39 is 26.4 Å². The number of benzene rings is 2. The number of fused-ring (bicyclic) bond motifs is 1. The number of phenolic OH excluding ortho intramolecular Hbond substituents is 3. The lowest BCUT2D eigenvalue weighted by Crippen LogP contribution is -2.41. The van der Waals surface area contributed by atoms with E-state index in [0.29, 0.717) is 46.7 Å². The number of rotatable bonds is 6. The van der Waals surface area contributed by atoms with Crippen molar-refractivity contribution in [3.8, 4) is 28.5 Å². The number of anilines is 1. The summed E-state index contributed by atoms with van der Waals surface area (Å²) in [6, 6.07) is 12.6. The van der Waals surface area contributed by atoms with Crippen molar-refractivity contribution in [3.63, 3.8) is 0 Å². The number of hydrogen-bond donors (Lipinski definition) is 4. The third kappa shape index (κ3) is 4.47. The van der Waals surface area contributed by atoms with Crippen LogP contribution in [0, 0.1) is 5.92 Å². The molecule has 1 aliphatic heterocycles. The third-order valence-electron chi connectivity index (χ3n) is 6.23. The van der Waals surface area contributed by atoms with E-state index in [9.17, 15) is 23.7 Å². The van der Waals surface area contributed by atoms with Crippen molar-refractivity contribution in [1.82, 2.24) is 18.9 Å². The second-order valence-electron chi connectivity index (χ2n) is 8.65. The SMILES string of the molecule is O=S(=O)(c1c(O)cccc1O)N1CCCC(CNc2cc(-c3ccccc3O)nc3c(Br)cnn23)C1. The van der Waals surface area contributed by atoms with Crippen LogP contribution in [0.3, 0.4) is 0 Å². The number of piperidine rings is 1. The third-order valence-corrected chi connectivity index (χ3v) is 8.74. The minimum atomic E-state index is -4.07. The van der Waals surface area contributed by atoms with E-state index in [1.807, 2.05) is 6.07 Å². The molecule has 0 amide bonds. The monoisotopic (exact) mass is 573 g/mol. The highest BCUT2D eigenvalue weighted by molar-refractivity contribution is 9.10. The number of nitrogens with one attached hydrogen (secondary N) is 1. The van der Waals surface area contributed by atoms with E-state index in [-0.39, 0.29) is 18.2 Å². The molecular formula is C24H24BrN5O5S. The Labute approximate surface area is 216 Å². The molecule has 36 heavy (non-hydrogen) atoms. The van der Waals surface area contributed by atoms with Crippen LogP contribution in [-0.2, 0) is 10.0 Å². The van der Waals surface area contributed by atoms with Crippen LogP contribution >= 0.6 is 15.9 Å². The van der Waals surface area contributed by atoms with Crippen LogP contribution in [0.2, 0.25) is 0 Å². The van der Waals surface area contributed by atoms with E-state index in [0.717, 1.165) is 6.42 Å². The van der Waals surface area contributed by atoms with E-state index in [4.69, 9.17) is 0 Å². The standard InChI is InChI=1S/C24H24BrN5O5S/c25-17-13-27-30-22(11-18(28-24(17)30)16-6-1-2-7-19(16)31)26-12-15-5-4-10-29(14-15)36(34,35)23-20(32)8-3-9-21(23)33/h1-3,6-9,11,13,15,26,31-33H,4-5,10,12,14H2. The Balaban J connectivity index is 1.39. The van der Waals surface area contributed by atoms with Crippen molar-refractivity contribution in [3.05, 3.63) is 59.2 Å². The molecule has 0 bridgehead atoms. The van der Waals surface area contributed by atoms with Gasteiger partial charge in [0, 0.05) is 31.3 Å². The van der Waals surface area contributed by atoms with Gasteiger partial charge in [-0.3, -0.25) is 0 Å². The van der Waals surface area contributed by atoms with Gasteiger partial charge in [-0.15, -0.1) is 0 Å². The number of sulfonamides is 1. The van der Waals surface area contributed by atoms with Gasteiger partial charge >= 0.3 is 0 Å². The Hall–Kier alpha value is -3.35. The van der Waals surface area contributed by atoms with Gasteiger partial charge in [0.15, 0.2) is 10.5 Å². The summed E-state index contributed by atoms with van der Waals surface area (Å²) in [6.07, 6.45) is 3.08. The molecule has 1 saturated heterocycles. The maximum atomic E-state index is 13.2. The number of nitrogens with zero attached hydrogens (tertiary/aromatic N) is 4. The highest BCUT2D eigenvalue weighted by atomic mass is 79.9. The van der Waals surface area contributed by atoms with Gasteiger partial charge in [-0.1, -0.05) is 18.2 Å². The zero-order chi connectivity index (χ0) is 25.4. The first-order valence-electron chi connectivity index (χ1n) is 11.3. The second kappa shape index (κ2) is 9.60. The molecule has 1 fully saturated rings. The highest BCUT2D eigenvalue weighted by Gasteiger charge is 2.34. The first kappa shape index (κ1) is 24.3. The number of hydrogen-bond acceptors (Lipinski definition) is 8. The summed E-state index contributed by atoms with van der Waals surface area (Å²) >= 11 is 3.47. The average molecular weight is 574 g/mol. The molecule has 0 radical (unpaired) electrons. The van der Waals surface area contributed by atoms with E-state index in [1.165, 1.54) is 22.5 Å². The number of aromatic nitrogens is 3. The molecule has 0 spiro atoms. The fourth-order valence-corrected chi connectivity index (χ4v) is 6.50. The van der Waals surface area contributed by atoms with Gasteiger partial charge in [0.05, 0.1) is 16.4 Å². The quantitative estimate of drug-likeness (QED) is 0.273. The van der Waals surface area contributed by atoms with Crippen molar-refractivity contribution in [1.29, 1.82) is 0 Å². The van der Waals surface area contributed by atoms with Crippen molar-refractivity contribution < 1.29 is 23.7 Å². The summed E-state index contributed by atoms with van der Waals surface area (Å²) in [6.45, 7) is 0.984. The van der Waals surface area contributed by atoms with Gasteiger partial charge in [0.1, 0.15) is 23.1 Å². The van der Waals surface area contributed by atoms with Gasteiger partial charge in [0.2, 0.25) is 10.0 Å². The predicted octanol–water partition coefficient (Wildman–Crippen LogP) is 3.79. The molecule has 4 N–H and O–H groups in total. The number of halogens is 1. The summed E-state index contributed by atoms with van der Waals surface area (Å²) in [7, 11) is -4.07. The van der Waals surface area contributed by atoms with Crippen LogP contribution in [0.25, 0.3) is 16.9 Å². The molecule has 0 aliphatic carbocycles. The minimum absolute atomic E-state index is 0.0303. The largest absolute Gasteiger partial charge is 0.507 e. The van der Waals surface area contributed by atoms with E-state index >= 15 is 0 Å². The smallest absolute Gasteiger partial charge is 0.250 e. The zero-order valence-corrected chi connectivity index (χ0v) is 21.4. The Morgan fingerprint density at radius 3 is 2.53 bits per heavy atom. The maximum absolute atomic E-state index is 13.2. The average Bonchev–Trinajstić information content (AvgIpc) is 3.23. The molecule has 3 heterocycles. The summed E-state index contributed by atoms with van der Waals surface area (Å²) in [4.78, 5) is 4.17. The molecule has 4 aromatic rings. The highest BCUT2D eigenvalue weighted by Crippen LogP contribution is 2.36. The molecule has 1 atom stereocenters. The molecule has 5 rings (SSSR count). The number of aromatic hydroxyl groups is 3. The lowest BCUT2D eigenvalue weighted by atomic mass is 10.00. The Kier molecular flexibility index (Phi) is 6.49. The lowest BCUT2D eigenvalue weighted by molar-refractivity contribution is 0.273. The maximum Gasteiger partial charge on any atom is 0.250 e. The van der Waals surface area contributed by atoms with Crippen LogP contribution in [0.5, 0.6) is 17.2 Å². The van der Waals surface area contributed by atoms with Crippen molar-refractivity contribution in [2.45, 2.75) is 17.7 Å². The molecule has 10 nitrogen and oxygen atoms in total. The fourth-order valence-electron chi connectivity index (χ4n) is 4.46. The van der Waals surface area contributed by atoms with Gasteiger partial charge < -0.3 is 20.6 Å². The molecule has 2 aromatic heterocycles. The second-order valence-corrected chi connectivity index (χ2v) is 11.4. The molecule has 188 valence electrons. The van der Waals surface area contributed by atoms with Crippen LogP contribution in [0.4, 0.5) is 5.82 Å². The number of phenols is 3. The zero-order valence-electron chi connectivity index (χ0n) is 19.0. The summed E-state index contributed by atoms with van der Waals surface area (Å²) in [5.74, 6) is -0.234. The van der Waals surface area contributed by atoms with Crippen LogP contribution in [0.1, 0.15) is 12.8 Å². The number of para-hydroxylation sites is 1. The van der Waals surface area contributed by atoms with Gasteiger partial charge in [-0.2, -0.15) is 13.9 Å². The molecule has 1 unspecified atom stereocenters. The summed E-state index contributed by atoms with van der Waals surface area (Å²) in [5, 5.41) is 38.3. The van der Waals surface area contributed by atoms with Crippen LogP contribution in [0.15, 0.2) is 64.1 Å². The van der Waals surface area contributed by atoms with Crippen molar-refractivity contribution in [2.75, 3.05) is 25.0 Å². The van der Waals surface area contributed by atoms with Crippen LogP contribution < -0.4 is 5.32 Å². The Morgan fingerprint density at radius 2 is 1.78 bits per heavy atom. The summed E-state index contributed by atoms with van der Waals surface area (Å²) in [5.41, 5.74) is 1.71. The summed E-state index contributed by atoms with van der Waals surface area (Å²) < 4.78 is 30.0. The molecule has 12 heteroatoms. The van der Waals surface area contributed by atoms with Gasteiger partial charge in [-0.25, -0.2) is 13.4 Å². The van der Waals surface area contributed by atoms with Crippen LogP contribution in [-0.4, -0.2) is 62.3 Å². The minimum Gasteiger partial charge on any atom is -0.507 e. The molecule has 2 aromatic carbocycles. The van der Waals surface area contributed by atoms with E-state index in [2.05, 4.69) is 31.3 Å². The topological polar surface area (TPSA) is 140 Å². The molecular weight excluding hydrogens is 550 g/mol. The fraction of sp³-hybridized carbons (Fsp3) is 0.250. The Bertz CT molecular complexity index is 1520. The van der Waals surface area contributed by atoms with Crippen molar-refractivity contribution >= 4 is 37.4 Å². The molecule has 0 saturated carbocycles. The Morgan fingerprint density at radius 1 is 1.06 bits per heavy atom. The van der Waals surface area contributed by atoms with Gasteiger partial charge in [-0.05, 0) is 59.0 Å².